The highest BCUT2D eigenvalue weighted by molar-refractivity contribution is 7.86. The zero-order valence-electron chi connectivity index (χ0n) is 17.6. The second-order valence-corrected chi connectivity index (χ2v) is 11.5. The first-order chi connectivity index (χ1) is 14.4. The van der Waals surface area contributed by atoms with Crippen molar-refractivity contribution in [1.29, 1.82) is 0 Å². The molecular weight excluding hydrogens is 449 g/mol. The maximum atomic E-state index is 14.1. The number of amides is 1. The molecule has 1 atom stereocenters. The fourth-order valence-corrected chi connectivity index (χ4v) is 5.70. The monoisotopic (exact) mass is 472 g/mol. The predicted octanol–water partition coefficient (Wildman–Crippen LogP) is 5.45. The number of benzene rings is 1. The van der Waals surface area contributed by atoms with E-state index >= 15 is 0 Å². The highest BCUT2D eigenvalue weighted by atomic mass is 35.5. The highest BCUT2D eigenvalue weighted by Crippen LogP contribution is 2.48. The minimum atomic E-state index is -4.59. The Balaban J connectivity index is 1.92. The van der Waals surface area contributed by atoms with E-state index in [-0.39, 0.29) is 30.4 Å². The van der Waals surface area contributed by atoms with Crippen molar-refractivity contribution in [3.05, 3.63) is 46.2 Å². The number of halogens is 4. The molecule has 1 saturated heterocycles. The van der Waals surface area contributed by atoms with Crippen LogP contribution in [-0.4, -0.2) is 43.2 Å². The standard InChI is InChI=1S/C22H24ClF3N2O2S/c1-13-17(14-4-6-15(23)7-5-14)18(28(16-8-9-16)19(13)22(24,25)26)20(29)27-10-11-31(30)21(2,3)12-27/h4-7,16H,8-12H2,1-3H3. The predicted molar refractivity (Wildman–Crippen MR) is 116 cm³/mol. The SMILES string of the molecule is Cc1c(-c2ccc(Cl)cc2)c(C(=O)N2CCS(=O)C(C)(C)C2)n(C2CC2)c1C(F)(F)F. The minimum Gasteiger partial charge on any atom is -0.335 e. The van der Waals surface area contributed by atoms with Gasteiger partial charge in [-0.15, -0.1) is 0 Å². The zero-order chi connectivity index (χ0) is 22.7. The number of aromatic nitrogens is 1. The molecule has 1 amide bonds. The molecule has 168 valence electrons. The molecule has 4 nitrogen and oxygen atoms in total. The number of carbonyl (C=O) groups is 1. The fraction of sp³-hybridized carbons (Fsp3) is 0.500. The zero-order valence-corrected chi connectivity index (χ0v) is 19.1. The second-order valence-electron chi connectivity index (χ2n) is 8.84. The lowest BCUT2D eigenvalue weighted by atomic mass is 10.00. The number of nitrogens with zero attached hydrogens (tertiary/aromatic N) is 2. The molecule has 2 fully saturated rings. The summed E-state index contributed by atoms with van der Waals surface area (Å²) in [6.07, 6.45) is -3.38. The van der Waals surface area contributed by atoms with Gasteiger partial charge in [0.15, 0.2) is 0 Å². The molecule has 1 aromatic heterocycles. The summed E-state index contributed by atoms with van der Waals surface area (Å²) in [5.74, 6) is -0.134. The summed E-state index contributed by atoms with van der Waals surface area (Å²) in [7, 11) is -1.10. The summed E-state index contributed by atoms with van der Waals surface area (Å²) in [5, 5.41) is 0.465. The van der Waals surface area contributed by atoms with Crippen LogP contribution in [0.4, 0.5) is 13.2 Å². The summed E-state index contributed by atoms with van der Waals surface area (Å²) >= 11 is 5.99. The molecule has 1 unspecified atom stereocenters. The van der Waals surface area contributed by atoms with Crippen molar-refractivity contribution < 1.29 is 22.2 Å². The van der Waals surface area contributed by atoms with Crippen LogP contribution in [0.1, 0.15) is 54.5 Å². The van der Waals surface area contributed by atoms with E-state index in [9.17, 15) is 22.2 Å². The maximum absolute atomic E-state index is 14.1. The normalized spacial score (nSPS) is 21.4. The van der Waals surface area contributed by atoms with E-state index in [1.807, 2.05) is 13.8 Å². The van der Waals surface area contributed by atoms with E-state index in [0.717, 1.165) is 0 Å². The van der Waals surface area contributed by atoms with E-state index in [4.69, 9.17) is 11.6 Å². The molecule has 4 rings (SSSR count). The van der Waals surface area contributed by atoms with Gasteiger partial charge in [-0.3, -0.25) is 9.00 Å². The second kappa shape index (κ2) is 7.66. The Morgan fingerprint density at radius 1 is 1.19 bits per heavy atom. The third-order valence-electron chi connectivity index (χ3n) is 5.99. The molecule has 0 radical (unpaired) electrons. The molecule has 1 aliphatic carbocycles. The van der Waals surface area contributed by atoms with Crippen LogP contribution in [0, 0.1) is 6.92 Å². The maximum Gasteiger partial charge on any atom is 0.431 e. The van der Waals surface area contributed by atoms with Crippen molar-refractivity contribution in [2.45, 2.75) is 50.6 Å². The van der Waals surface area contributed by atoms with Crippen LogP contribution in [0.25, 0.3) is 11.1 Å². The molecule has 31 heavy (non-hydrogen) atoms. The third kappa shape index (κ3) is 4.04. The molecule has 9 heteroatoms. The molecule has 0 bridgehead atoms. The van der Waals surface area contributed by atoms with E-state index in [0.29, 0.717) is 34.7 Å². The molecule has 1 aromatic carbocycles. The first kappa shape index (κ1) is 22.4. The van der Waals surface area contributed by atoms with Crippen LogP contribution < -0.4 is 0 Å². The number of carbonyl (C=O) groups excluding carboxylic acids is 1. The van der Waals surface area contributed by atoms with Gasteiger partial charge in [0.2, 0.25) is 0 Å². The number of rotatable bonds is 3. The molecule has 0 N–H and O–H groups in total. The summed E-state index contributed by atoms with van der Waals surface area (Å²) in [6, 6.07) is 6.17. The number of alkyl halides is 3. The Kier molecular flexibility index (Phi) is 5.53. The molecule has 0 spiro atoms. The Morgan fingerprint density at radius 3 is 2.32 bits per heavy atom. The van der Waals surface area contributed by atoms with Crippen molar-refractivity contribution in [2.24, 2.45) is 0 Å². The van der Waals surface area contributed by atoms with E-state index in [1.54, 1.807) is 29.2 Å². The van der Waals surface area contributed by atoms with Crippen molar-refractivity contribution in [2.75, 3.05) is 18.8 Å². The van der Waals surface area contributed by atoms with E-state index < -0.39 is 33.3 Å². The van der Waals surface area contributed by atoms with Crippen LogP contribution in [-0.2, 0) is 17.0 Å². The van der Waals surface area contributed by atoms with Gasteiger partial charge < -0.3 is 9.47 Å². The summed E-state index contributed by atoms with van der Waals surface area (Å²) in [4.78, 5) is 15.3. The Labute approximate surface area is 186 Å². The lowest BCUT2D eigenvalue weighted by Gasteiger charge is -2.37. The van der Waals surface area contributed by atoms with E-state index in [1.165, 1.54) is 11.5 Å². The summed E-state index contributed by atoms with van der Waals surface area (Å²) < 4.78 is 55.3. The summed E-state index contributed by atoms with van der Waals surface area (Å²) in [6.45, 7) is 5.54. The average Bonchev–Trinajstić information content (AvgIpc) is 3.46. The highest BCUT2D eigenvalue weighted by Gasteiger charge is 2.46. The van der Waals surface area contributed by atoms with Crippen LogP contribution in [0.15, 0.2) is 24.3 Å². The Bertz CT molecular complexity index is 1060. The van der Waals surface area contributed by atoms with Crippen LogP contribution >= 0.6 is 11.6 Å². The van der Waals surface area contributed by atoms with Crippen molar-refractivity contribution in [1.82, 2.24) is 9.47 Å². The fourth-order valence-electron chi connectivity index (χ4n) is 4.34. The average molecular weight is 473 g/mol. The first-order valence-electron chi connectivity index (χ1n) is 10.2. The molecule has 2 aromatic rings. The first-order valence-corrected chi connectivity index (χ1v) is 11.9. The van der Waals surface area contributed by atoms with Crippen LogP contribution in [0.5, 0.6) is 0 Å². The van der Waals surface area contributed by atoms with Gasteiger partial charge in [0.05, 0.1) is 4.75 Å². The lowest BCUT2D eigenvalue weighted by Crippen LogP contribution is -2.52. The van der Waals surface area contributed by atoms with Crippen LogP contribution in [0.3, 0.4) is 0 Å². The molecule has 2 aliphatic rings. The van der Waals surface area contributed by atoms with Crippen molar-refractivity contribution in [3.63, 3.8) is 0 Å². The third-order valence-corrected chi connectivity index (χ3v) is 8.15. The molecule has 2 heterocycles. The van der Waals surface area contributed by atoms with Gasteiger partial charge in [-0.05, 0) is 56.9 Å². The minimum absolute atomic E-state index is 0.0462. The Morgan fingerprint density at radius 2 is 1.81 bits per heavy atom. The molecular formula is C22H24ClF3N2O2S. The van der Waals surface area contributed by atoms with Crippen LogP contribution in [0.2, 0.25) is 5.02 Å². The lowest BCUT2D eigenvalue weighted by molar-refractivity contribution is -0.144. The summed E-state index contributed by atoms with van der Waals surface area (Å²) in [5.41, 5.74) is 0.173. The quantitative estimate of drug-likeness (QED) is 0.595. The topological polar surface area (TPSA) is 42.3 Å². The van der Waals surface area contributed by atoms with Gasteiger partial charge in [-0.2, -0.15) is 13.2 Å². The van der Waals surface area contributed by atoms with Gasteiger partial charge in [0.1, 0.15) is 11.4 Å². The largest absolute Gasteiger partial charge is 0.431 e. The number of hydrogen-bond acceptors (Lipinski definition) is 2. The van der Waals surface area contributed by atoms with Gasteiger partial charge >= 0.3 is 6.18 Å². The van der Waals surface area contributed by atoms with Gasteiger partial charge in [0, 0.05) is 46.3 Å². The van der Waals surface area contributed by atoms with Crippen molar-refractivity contribution >= 4 is 28.3 Å². The van der Waals surface area contributed by atoms with E-state index in [2.05, 4.69) is 0 Å². The smallest absolute Gasteiger partial charge is 0.335 e. The molecule has 1 aliphatic heterocycles. The molecule has 1 saturated carbocycles. The Hall–Kier alpha value is -1.80. The van der Waals surface area contributed by atoms with Gasteiger partial charge in [-0.25, -0.2) is 0 Å². The van der Waals surface area contributed by atoms with Crippen molar-refractivity contribution in [3.8, 4) is 11.1 Å². The van der Waals surface area contributed by atoms with Gasteiger partial charge in [-0.1, -0.05) is 23.7 Å². The van der Waals surface area contributed by atoms with Gasteiger partial charge in [0.25, 0.3) is 5.91 Å². The number of hydrogen-bond donors (Lipinski definition) is 0.